The van der Waals surface area contributed by atoms with Gasteiger partial charge in [-0.25, -0.2) is 9.97 Å². The topological polar surface area (TPSA) is 49.3 Å². The number of anilines is 1. The first-order valence-electron chi connectivity index (χ1n) is 7.34. The molecule has 2 aromatic rings. The number of amides is 1. The number of piperazine rings is 1. The van der Waals surface area contributed by atoms with Gasteiger partial charge in [-0.05, 0) is 19.1 Å². The van der Waals surface area contributed by atoms with Crippen LogP contribution in [0.5, 0.6) is 0 Å². The summed E-state index contributed by atoms with van der Waals surface area (Å²) in [4.78, 5) is 24.0. The third-order valence-corrected chi connectivity index (χ3v) is 4.58. The number of thiazole rings is 1. The Morgan fingerprint density at radius 3 is 2.42 bits per heavy atom. The number of carbonyl (C=O) groups is 1. The van der Waals surface area contributed by atoms with Crippen molar-refractivity contribution in [1.29, 1.82) is 0 Å². The van der Waals surface area contributed by atoms with Gasteiger partial charge in [0.15, 0.2) is 0 Å². The molecule has 0 saturated carbocycles. The van der Waals surface area contributed by atoms with Crippen LogP contribution in [0.2, 0.25) is 0 Å². The van der Waals surface area contributed by atoms with Crippen LogP contribution in [0.4, 0.5) is 19.0 Å². The molecule has 0 unspecified atom stereocenters. The van der Waals surface area contributed by atoms with E-state index in [1.165, 1.54) is 17.4 Å². The van der Waals surface area contributed by atoms with Crippen molar-refractivity contribution in [3.05, 3.63) is 40.0 Å². The summed E-state index contributed by atoms with van der Waals surface area (Å²) in [6, 6.07) is 2.39. The Morgan fingerprint density at radius 1 is 1.21 bits per heavy atom. The summed E-state index contributed by atoms with van der Waals surface area (Å²) in [5, 5.41) is 2.58. The van der Waals surface area contributed by atoms with Crippen LogP contribution in [-0.2, 0) is 6.18 Å². The number of rotatable bonds is 2. The van der Waals surface area contributed by atoms with E-state index in [0.29, 0.717) is 37.7 Å². The first kappa shape index (κ1) is 16.7. The van der Waals surface area contributed by atoms with E-state index in [1.54, 1.807) is 10.3 Å². The Kier molecular flexibility index (Phi) is 4.44. The Labute approximate surface area is 140 Å². The Hall–Kier alpha value is -2.16. The predicted molar refractivity (Wildman–Crippen MR) is 84.2 cm³/mol. The number of pyridine rings is 1. The number of aromatic nitrogens is 2. The molecule has 5 nitrogen and oxygen atoms in total. The highest BCUT2D eigenvalue weighted by molar-refractivity contribution is 7.09. The number of halogens is 3. The second kappa shape index (κ2) is 6.39. The van der Waals surface area contributed by atoms with Crippen LogP contribution in [0.15, 0.2) is 23.7 Å². The number of hydrogen-bond donors (Lipinski definition) is 0. The lowest BCUT2D eigenvalue weighted by Gasteiger charge is -2.35. The van der Waals surface area contributed by atoms with Crippen LogP contribution in [0, 0.1) is 6.92 Å². The van der Waals surface area contributed by atoms with Gasteiger partial charge in [-0.3, -0.25) is 4.79 Å². The Morgan fingerprint density at radius 2 is 1.92 bits per heavy atom. The number of aryl methyl sites for hydroxylation is 1. The number of nitrogens with zero attached hydrogens (tertiary/aromatic N) is 4. The summed E-state index contributed by atoms with van der Waals surface area (Å²) in [6.45, 7) is 3.85. The van der Waals surface area contributed by atoms with Gasteiger partial charge < -0.3 is 9.80 Å². The molecule has 0 bridgehead atoms. The summed E-state index contributed by atoms with van der Waals surface area (Å²) in [5.41, 5.74) is -0.322. The molecule has 1 saturated heterocycles. The molecule has 3 rings (SSSR count). The molecular formula is C15H15F3N4OS. The minimum absolute atomic E-state index is 0.112. The average Bonchev–Trinajstić information content (AvgIpc) is 3.00. The molecule has 2 aromatic heterocycles. The van der Waals surface area contributed by atoms with Crippen molar-refractivity contribution in [1.82, 2.24) is 14.9 Å². The van der Waals surface area contributed by atoms with Crippen LogP contribution < -0.4 is 4.90 Å². The van der Waals surface area contributed by atoms with E-state index in [0.717, 1.165) is 17.3 Å². The number of alkyl halides is 3. The van der Waals surface area contributed by atoms with Crippen molar-refractivity contribution < 1.29 is 18.0 Å². The lowest BCUT2D eigenvalue weighted by molar-refractivity contribution is -0.137. The van der Waals surface area contributed by atoms with E-state index in [4.69, 9.17) is 0 Å². The Balaban J connectivity index is 1.61. The van der Waals surface area contributed by atoms with Gasteiger partial charge in [0.25, 0.3) is 5.91 Å². The molecule has 9 heteroatoms. The van der Waals surface area contributed by atoms with Gasteiger partial charge in [-0.1, -0.05) is 0 Å². The van der Waals surface area contributed by atoms with Crippen LogP contribution >= 0.6 is 11.3 Å². The maximum absolute atomic E-state index is 12.6. The van der Waals surface area contributed by atoms with Gasteiger partial charge in [-0.15, -0.1) is 11.3 Å². The first-order valence-corrected chi connectivity index (χ1v) is 8.22. The van der Waals surface area contributed by atoms with Crippen molar-refractivity contribution in [3.8, 4) is 0 Å². The average molecular weight is 356 g/mol. The summed E-state index contributed by atoms with van der Waals surface area (Å²) in [6.07, 6.45) is -3.55. The van der Waals surface area contributed by atoms with E-state index in [9.17, 15) is 18.0 Å². The lowest BCUT2D eigenvalue weighted by Crippen LogP contribution is -2.49. The molecule has 1 aliphatic rings. The molecule has 0 aromatic carbocycles. The fraction of sp³-hybridized carbons (Fsp3) is 0.400. The molecule has 1 fully saturated rings. The summed E-state index contributed by atoms with van der Waals surface area (Å²) in [7, 11) is 0. The van der Waals surface area contributed by atoms with E-state index in [-0.39, 0.29) is 5.91 Å². The lowest BCUT2D eigenvalue weighted by atomic mass is 10.2. The first-order chi connectivity index (χ1) is 11.3. The van der Waals surface area contributed by atoms with Gasteiger partial charge in [-0.2, -0.15) is 13.2 Å². The molecule has 0 aliphatic carbocycles. The van der Waals surface area contributed by atoms with Crippen molar-refractivity contribution >= 4 is 23.1 Å². The van der Waals surface area contributed by atoms with E-state index >= 15 is 0 Å². The monoisotopic (exact) mass is 356 g/mol. The van der Waals surface area contributed by atoms with Crippen LogP contribution in [-0.4, -0.2) is 47.0 Å². The molecule has 0 N–H and O–H groups in total. The summed E-state index contributed by atoms with van der Waals surface area (Å²) < 4.78 is 37.7. The zero-order chi connectivity index (χ0) is 17.3. The van der Waals surface area contributed by atoms with Crippen molar-refractivity contribution in [3.63, 3.8) is 0 Å². The normalized spacial score (nSPS) is 15.7. The van der Waals surface area contributed by atoms with Crippen LogP contribution in [0.3, 0.4) is 0 Å². The highest BCUT2D eigenvalue weighted by atomic mass is 32.1. The van der Waals surface area contributed by atoms with Gasteiger partial charge >= 0.3 is 6.18 Å². The number of carbonyl (C=O) groups excluding carboxylic acids is 1. The SMILES string of the molecule is Cc1nc(C(=O)N2CCN(c3ccc(C(F)(F)F)cn3)CC2)cs1. The Bertz CT molecular complexity index is 721. The van der Waals surface area contributed by atoms with Gasteiger partial charge in [0.05, 0.1) is 10.6 Å². The molecule has 3 heterocycles. The fourth-order valence-corrected chi connectivity index (χ4v) is 3.09. The van der Waals surface area contributed by atoms with E-state index in [1.807, 2.05) is 11.8 Å². The molecule has 0 spiro atoms. The van der Waals surface area contributed by atoms with Crippen molar-refractivity contribution in [2.24, 2.45) is 0 Å². The van der Waals surface area contributed by atoms with E-state index in [2.05, 4.69) is 9.97 Å². The third-order valence-electron chi connectivity index (χ3n) is 3.80. The minimum Gasteiger partial charge on any atom is -0.353 e. The fourth-order valence-electron chi connectivity index (χ4n) is 2.50. The van der Waals surface area contributed by atoms with Gasteiger partial charge in [0.2, 0.25) is 0 Å². The van der Waals surface area contributed by atoms with Gasteiger partial charge in [0.1, 0.15) is 11.5 Å². The molecule has 0 atom stereocenters. The second-order valence-electron chi connectivity index (χ2n) is 5.43. The maximum atomic E-state index is 12.6. The quantitative estimate of drug-likeness (QED) is 0.830. The largest absolute Gasteiger partial charge is 0.417 e. The molecule has 1 aliphatic heterocycles. The molecule has 0 radical (unpaired) electrons. The highest BCUT2D eigenvalue weighted by Gasteiger charge is 2.31. The van der Waals surface area contributed by atoms with Gasteiger partial charge in [0, 0.05) is 37.8 Å². The highest BCUT2D eigenvalue weighted by Crippen LogP contribution is 2.29. The molecule has 128 valence electrons. The maximum Gasteiger partial charge on any atom is 0.417 e. The molecule has 1 amide bonds. The smallest absolute Gasteiger partial charge is 0.353 e. The second-order valence-corrected chi connectivity index (χ2v) is 6.50. The zero-order valence-corrected chi connectivity index (χ0v) is 13.7. The summed E-state index contributed by atoms with van der Waals surface area (Å²) in [5.74, 6) is 0.374. The standard InChI is InChI=1S/C15H15F3N4OS/c1-10-20-12(9-24-10)14(23)22-6-4-21(5-7-22)13-3-2-11(8-19-13)15(16,17)18/h2-3,8-9H,4-7H2,1H3. The number of hydrogen-bond acceptors (Lipinski definition) is 5. The van der Waals surface area contributed by atoms with E-state index < -0.39 is 11.7 Å². The third kappa shape index (κ3) is 3.50. The summed E-state index contributed by atoms with van der Waals surface area (Å²) >= 11 is 1.43. The van der Waals surface area contributed by atoms with Crippen molar-refractivity contribution in [2.75, 3.05) is 31.1 Å². The van der Waals surface area contributed by atoms with Crippen molar-refractivity contribution in [2.45, 2.75) is 13.1 Å². The van der Waals surface area contributed by atoms with Crippen LogP contribution in [0.1, 0.15) is 21.1 Å². The molecular weight excluding hydrogens is 341 g/mol. The van der Waals surface area contributed by atoms with Crippen LogP contribution in [0.25, 0.3) is 0 Å². The predicted octanol–water partition coefficient (Wildman–Crippen LogP) is 2.83. The molecule has 24 heavy (non-hydrogen) atoms. The minimum atomic E-state index is -4.39. The zero-order valence-electron chi connectivity index (χ0n) is 12.9.